The standard InChI is InChI=1S/C10H18N4O/c1-4-7(2)9(11)10(15)12-8-5-6-14(3)13-8/h5-7,9H,4,11H2,1-3H3,(H,12,13,15)/t7-,9-/m0/s1. The van der Waals surface area contributed by atoms with Gasteiger partial charge in [0.2, 0.25) is 5.91 Å². The Balaban J connectivity index is 2.55. The van der Waals surface area contributed by atoms with Gasteiger partial charge in [-0.2, -0.15) is 5.10 Å². The first kappa shape index (κ1) is 11.7. The van der Waals surface area contributed by atoms with Crippen LogP contribution in [0.15, 0.2) is 12.3 Å². The van der Waals surface area contributed by atoms with Crippen molar-refractivity contribution in [1.29, 1.82) is 0 Å². The van der Waals surface area contributed by atoms with Gasteiger partial charge in [-0.25, -0.2) is 0 Å². The maximum Gasteiger partial charge on any atom is 0.242 e. The molecule has 0 saturated heterocycles. The minimum Gasteiger partial charge on any atom is -0.320 e. The summed E-state index contributed by atoms with van der Waals surface area (Å²) < 4.78 is 1.63. The maximum absolute atomic E-state index is 11.6. The normalized spacial score (nSPS) is 14.7. The lowest BCUT2D eigenvalue weighted by atomic mass is 9.99. The van der Waals surface area contributed by atoms with Crippen molar-refractivity contribution in [3.05, 3.63) is 12.3 Å². The number of hydrogen-bond donors (Lipinski definition) is 2. The summed E-state index contributed by atoms with van der Waals surface area (Å²) >= 11 is 0. The van der Waals surface area contributed by atoms with E-state index >= 15 is 0 Å². The largest absolute Gasteiger partial charge is 0.320 e. The molecule has 0 aromatic carbocycles. The maximum atomic E-state index is 11.6. The van der Waals surface area contributed by atoms with Gasteiger partial charge in [0.15, 0.2) is 5.82 Å². The molecule has 2 atom stereocenters. The second-order valence-electron chi connectivity index (χ2n) is 3.78. The molecule has 0 aliphatic heterocycles. The number of anilines is 1. The molecule has 0 aliphatic carbocycles. The average molecular weight is 210 g/mol. The van der Waals surface area contributed by atoms with E-state index < -0.39 is 6.04 Å². The first-order chi connectivity index (χ1) is 7.04. The topological polar surface area (TPSA) is 72.9 Å². The van der Waals surface area contributed by atoms with Crippen LogP contribution < -0.4 is 11.1 Å². The fraction of sp³-hybridized carbons (Fsp3) is 0.600. The predicted octanol–water partition coefficient (Wildman–Crippen LogP) is 0.732. The summed E-state index contributed by atoms with van der Waals surface area (Å²) in [6.07, 6.45) is 2.65. The zero-order valence-corrected chi connectivity index (χ0v) is 9.40. The van der Waals surface area contributed by atoms with Gasteiger partial charge in [-0.15, -0.1) is 0 Å². The lowest BCUT2D eigenvalue weighted by molar-refractivity contribution is -0.118. The van der Waals surface area contributed by atoms with E-state index in [1.54, 1.807) is 24.0 Å². The van der Waals surface area contributed by atoms with E-state index in [2.05, 4.69) is 10.4 Å². The van der Waals surface area contributed by atoms with Gasteiger partial charge in [-0.3, -0.25) is 9.48 Å². The van der Waals surface area contributed by atoms with Crippen LogP contribution in [0.25, 0.3) is 0 Å². The molecule has 1 amide bonds. The van der Waals surface area contributed by atoms with E-state index in [1.807, 2.05) is 13.8 Å². The molecule has 0 aliphatic rings. The van der Waals surface area contributed by atoms with Crippen molar-refractivity contribution in [3.8, 4) is 0 Å². The smallest absolute Gasteiger partial charge is 0.242 e. The molecule has 1 aromatic rings. The van der Waals surface area contributed by atoms with Crippen molar-refractivity contribution in [2.75, 3.05) is 5.32 Å². The number of rotatable bonds is 4. The molecule has 3 N–H and O–H groups in total. The van der Waals surface area contributed by atoms with Crippen LogP contribution in [0.2, 0.25) is 0 Å². The number of nitrogens with two attached hydrogens (primary N) is 1. The van der Waals surface area contributed by atoms with Crippen molar-refractivity contribution in [2.45, 2.75) is 26.3 Å². The van der Waals surface area contributed by atoms with Crippen molar-refractivity contribution in [3.63, 3.8) is 0 Å². The van der Waals surface area contributed by atoms with Crippen LogP contribution in [0, 0.1) is 5.92 Å². The zero-order valence-electron chi connectivity index (χ0n) is 9.40. The summed E-state index contributed by atoms with van der Waals surface area (Å²) in [6, 6.07) is 1.26. The highest BCUT2D eigenvalue weighted by Crippen LogP contribution is 2.08. The molecular weight excluding hydrogens is 192 g/mol. The SMILES string of the molecule is CC[C@H](C)[C@H](N)C(=O)Nc1ccn(C)n1. The third-order valence-electron chi connectivity index (χ3n) is 2.52. The lowest BCUT2D eigenvalue weighted by Gasteiger charge is -2.16. The van der Waals surface area contributed by atoms with Crippen LogP contribution >= 0.6 is 0 Å². The molecule has 15 heavy (non-hydrogen) atoms. The third-order valence-corrected chi connectivity index (χ3v) is 2.52. The van der Waals surface area contributed by atoms with Gasteiger partial charge in [0.05, 0.1) is 6.04 Å². The van der Waals surface area contributed by atoms with Crippen molar-refractivity contribution in [2.24, 2.45) is 18.7 Å². The van der Waals surface area contributed by atoms with Gasteiger partial charge in [0.25, 0.3) is 0 Å². The molecule has 0 unspecified atom stereocenters. The molecule has 0 fully saturated rings. The number of amides is 1. The number of aromatic nitrogens is 2. The summed E-state index contributed by atoms with van der Waals surface area (Å²) in [4.78, 5) is 11.6. The van der Waals surface area contributed by atoms with Gasteiger partial charge < -0.3 is 11.1 Å². The monoisotopic (exact) mass is 210 g/mol. The fourth-order valence-corrected chi connectivity index (χ4v) is 1.20. The Labute approximate surface area is 89.6 Å². The fourth-order valence-electron chi connectivity index (χ4n) is 1.20. The second kappa shape index (κ2) is 4.93. The average Bonchev–Trinajstić information content (AvgIpc) is 2.61. The van der Waals surface area contributed by atoms with Gasteiger partial charge in [-0.05, 0) is 5.92 Å². The number of nitrogens with zero attached hydrogens (tertiary/aromatic N) is 2. The summed E-state index contributed by atoms with van der Waals surface area (Å²) in [5.41, 5.74) is 5.78. The number of carbonyl (C=O) groups excluding carboxylic acids is 1. The zero-order chi connectivity index (χ0) is 11.4. The molecule has 0 radical (unpaired) electrons. The molecule has 1 heterocycles. The number of nitrogens with one attached hydrogen (secondary N) is 1. The van der Waals surface area contributed by atoms with Crippen molar-refractivity contribution < 1.29 is 4.79 Å². The molecule has 5 nitrogen and oxygen atoms in total. The molecule has 1 aromatic heterocycles. The van der Waals surface area contributed by atoms with Crippen LogP contribution in [0.4, 0.5) is 5.82 Å². The Hall–Kier alpha value is -1.36. The summed E-state index contributed by atoms with van der Waals surface area (Å²) in [5.74, 6) is 0.540. The van der Waals surface area contributed by atoms with Crippen LogP contribution in [0.3, 0.4) is 0 Å². The number of carbonyl (C=O) groups is 1. The Morgan fingerprint density at radius 2 is 2.40 bits per heavy atom. The second-order valence-corrected chi connectivity index (χ2v) is 3.78. The third kappa shape index (κ3) is 3.06. The van der Waals surface area contributed by atoms with Gasteiger partial charge in [-0.1, -0.05) is 20.3 Å². The Morgan fingerprint density at radius 1 is 1.73 bits per heavy atom. The van der Waals surface area contributed by atoms with Crippen LogP contribution in [0.5, 0.6) is 0 Å². The molecule has 1 rings (SSSR count). The minimum atomic E-state index is -0.475. The highest BCUT2D eigenvalue weighted by atomic mass is 16.2. The molecule has 5 heteroatoms. The van der Waals surface area contributed by atoms with Gasteiger partial charge in [0.1, 0.15) is 0 Å². The Kier molecular flexibility index (Phi) is 3.85. The van der Waals surface area contributed by atoms with Crippen molar-refractivity contribution in [1.82, 2.24) is 9.78 Å². The van der Waals surface area contributed by atoms with E-state index in [1.165, 1.54) is 0 Å². The first-order valence-corrected chi connectivity index (χ1v) is 5.10. The van der Waals surface area contributed by atoms with Crippen molar-refractivity contribution >= 4 is 11.7 Å². The summed E-state index contributed by atoms with van der Waals surface area (Å²) in [5, 5.41) is 6.73. The van der Waals surface area contributed by atoms with E-state index in [-0.39, 0.29) is 11.8 Å². The molecule has 0 saturated carbocycles. The number of hydrogen-bond acceptors (Lipinski definition) is 3. The minimum absolute atomic E-state index is 0.175. The van der Waals surface area contributed by atoms with Gasteiger partial charge in [0, 0.05) is 19.3 Å². The van der Waals surface area contributed by atoms with Gasteiger partial charge >= 0.3 is 0 Å². The molecule has 0 bridgehead atoms. The molecule has 84 valence electrons. The number of aryl methyl sites for hydroxylation is 1. The Morgan fingerprint density at radius 3 is 2.87 bits per heavy atom. The lowest BCUT2D eigenvalue weighted by Crippen LogP contribution is -2.40. The van der Waals surface area contributed by atoms with Crippen LogP contribution in [-0.4, -0.2) is 21.7 Å². The summed E-state index contributed by atoms with van der Waals surface area (Å²) in [6.45, 7) is 3.97. The van der Waals surface area contributed by atoms with Crippen LogP contribution in [-0.2, 0) is 11.8 Å². The van der Waals surface area contributed by atoms with E-state index in [0.29, 0.717) is 5.82 Å². The molecular formula is C10H18N4O. The van der Waals surface area contributed by atoms with E-state index in [0.717, 1.165) is 6.42 Å². The summed E-state index contributed by atoms with van der Waals surface area (Å²) in [7, 11) is 1.80. The quantitative estimate of drug-likeness (QED) is 0.769. The highest BCUT2D eigenvalue weighted by Gasteiger charge is 2.19. The van der Waals surface area contributed by atoms with Crippen LogP contribution in [0.1, 0.15) is 20.3 Å². The first-order valence-electron chi connectivity index (χ1n) is 5.10. The Bertz CT molecular complexity index is 334. The van der Waals surface area contributed by atoms with E-state index in [4.69, 9.17) is 5.73 Å². The highest BCUT2D eigenvalue weighted by molar-refractivity contribution is 5.93. The molecule has 0 spiro atoms. The predicted molar refractivity (Wildman–Crippen MR) is 59.3 cm³/mol. The van der Waals surface area contributed by atoms with E-state index in [9.17, 15) is 4.79 Å².